The Bertz CT molecular complexity index is 694. The number of anilines is 1. The van der Waals surface area contributed by atoms with Gasteiger partial charge in [0.2, 0.25) is 0 Å². The highest BCUT2D eigenvalue weighted by Gasteiger charge is 2.11. The predicted molar refractivity (Wildman–Crippen MR) is 92.8 cm³/mol. The predicted octanol–water partition coefficient (Wildman–Crippen LogP) is 4.82. The van der Waals surface area contributed by atoms with Crippen LogP contribution in [0.1, 0.15) is 11.1 Å². The standard InChI is InChI=1S/C16H15BrFNO2S/c1-10-6-7-15(12(17)8-10)21-9-11-13(18)4-3-5-14(11)19-16(22)20-2/h3-8H,9H2,1-2H3,(H,19,22). The fourth-order valence-corrected chi connectivity index (χ4v) is 2.57. The third kappa shape index (κ3) is 4.18. The Hall–Kier alpha value is -1.66. The molecule has 0 heterocycles. The summed E-state index contributed by atoms with van der Waals surface area (Å²) in [6.07, 6.45) is 0. The molecule has 0 aliphatic rings. The number of aryl methyl sites for hydroxylation is 1. The summed E-state index contributed by atoms with van der Waals surface area (Å²) in [7, 11) is 1.45. The van der Waals surface area contributed by atoms with Crippen LogP contribution in [0.15, 0.2) is 40.9 Å². The van der Waals surface area contributed by atoms with E-state index >= 15 is 0 Å². The van der Waals surface area contributed by atoms with E-state index in [1.54, 1.807) is 12.1 Å². The summed E-state index contributed by atoms with van der Waals surface area (Å²) >= 11 is 8.38. The molecule has 0 saturated carbocycles. The van der Waals surface area contributed by atoms with Crippen LogP contribution in [0.4, 0.5) is 10.1 Å². The summed E-state index contributed by atoms with van der Waals surface area (Å²) < 4.78 is 25.5. The molecule has 116 valence electrons. The Kier molecular flexibility index (Phi) is 5.74. The highest BCUT2D eigenvalue weighted by molar-refractivity contribution is 9.10. The van der Waals surface area contributed by atoms with Crippen molar-refractivity contribution in [2.45, 2.75) is 13.5 Å². The number of thiocarbonyl (C=S) groups is 1. The molecule has 2 aromatic carbocycles. The Labute approximate surface area is 142 Å². The van der Waals surface area contributed by atoms with Gasteiger partial charge in [-0.1, -0.05) is 12.1 Å². The fourth-order valence-electron chi connectivity index (χ4n) is 1.86. The number of hydrogen-bond acceptors (Lipinski definition) is 3. The van der Waals surface area contributed by atoms with Crippen LogP contribution in [0.3, 0.4) is 0 Å². The molecule has 0 amide bonds. The van der Waals surface area contributed by atoms with Crippen molar-refractivity contribution in [1.82, 2.24) is 0 Å². The van der Waals surface area contributed by atoms with E-state index in [0.29, 0.717) is 17.0 Å². The van der Waals surface area contributed by atoms with Gasteiger partial charge in [0.15, 0.2) is 0 Å². The van der Waals surface area contributed by atoms with Gasteiger partial charge >= 0.3 is 0 Å². The molecule has 0 spiro atoms. The van der Waals surface area contributed by atoms with Crippen molar-refractivity contribution in [3.63, 3.8) is 0 Å². The molecule has 0 aromatic heterocycles. The van der Waals surface area contributed by atoms with Crippen molar-refractivity contribution >= 4 is 39.0 Å². The van der Waals surface area contributed by atoms with Crippen molar-refractivity contribution in [3.8, 4) is 5.75 Å². The van der Waals surface area contributed by atoms with Crippen molar-refractivity contribution in [1.29, 1.82) is 0 Å². The lowest BCUT2D eigenvalue weighted by Crippen LogP contribution is -2.14. The van der Waals surface area contributed by atoms with Gasteiger partial charge in [-0.2, -0.15) is 0 Å². The molecule has 0 saturated heterocycles. The van der Waals surface area contributed by atoms with Gasteiger partial charge in [-0.25, -0.2) is 4.39 Å². The number of methoxy groups -OCH3 is 1. The molecular weight excluding hydrogens is 369 g/mol. The first-order chi connectivity index (χ1) is 10.5. The fraction of sp³-hybridized carbons (Fsp3) is 0.188. The first-order valence-corrected chi connectivity index (χ1v) is 7.72. The lowest BCUT2D eigenvalue weighted by molar-refractivity contribution is 0.298. The molecule has 0 fully saturated rings. The van der Waals surface area contributed by atoms with Gasteiger partial charge in [0.05, 0.1) is 17.3 Å². The second-order valence-electron chi connectivity index (χ2n) is 4.61. The second-order valence-corrected chi connectivity index (χ2v) is 5.83. The molecular formula is C16H15BrFNO2S. The number of halogens is 2. The Morgan fingerprint density at radius 3 is 2.77 bits per heavy atom. The van der Waals surface area contributed by atoms with Crippen LogP contribution in [0.2, 0.25) is 0 Å². The highest BCUT2D eigenvalue weighted by Crippen LogP contribution is 2.28. The number of ether oxygens (including phenoxy) is 2. The minimum absolute atomic E-state index is 0.0724. The Balaban J connectivity index is 2.19. The third-order valence-electron chi connectivity index (χ3n) is 3.00. The third-order valence-corrected chi connectivity index (χ3v) is 3.89. The van der Waals surface area contributed by atoms with Gasteiger partial charge in [-0.3, -0.25) is 0 Å². The van der Waals surface area contributed by atoms with Gasteiger partial charge in [0, 0.05) is 5.56 Å². The first kappa shape index (κ1) is 16.7. The summed E-state index contributed by atoms with van der Waals surface area (Å²) in [5, 5.41) is 3.01. The van der Waals surface area contributed by atoms with Gasteiger partial charge in [0.1, 0.15) is 18.2 Å². The maximum atomic E-state index is 14.1. The summed E-state index contributed by atoms with van der Waals surface area (Å²) in [5.41, 5.74) is 2.02. The maximum Gasteiger partial charge on any atom is 0.260 e. The van der Waals surface area contributed by atoms with Crippen LogP contribution in [0.25, 0.3) is 0 Å². The Morgan fingerprint density at radius 2 is 2.09 bits per heavy atom. The van der Waals surface area contributed by atoms with Gasteiger partial charge in [-0.05, 0) is 64.9 Å². The zero-order valence-electron chi connectivity index (χ0n) is 12.2. The first-order valence-electron chi connectivity index (χ1n) is 6.52. The van der Waals surface area contributed by atoms with Crippen molar-refractivity contribution in [3.05, 3.63) is 57.8 Å². The molecule has 2 rings (SSSR count). The summed E-state index contributed by atoms with van der Waals surface area (Å²) in [6, 6.07) is 10.4. The molecule has 0 bridgehead atoms. The van der Waals surface area contributed by atoms with Crippen molar-refractivity contribution < 1.29 is 13.9 Å². The van der Waals surface area contributed by atoms with Crippen LogP contribution in [0, 0.1) is 12.7 Å². The second kappa shape index (κ2) is 7.56. The van der Waals surface area contributed by atoms with Gasteiger partial charge in [-0.15, -0.1) is 0 Å². The Morgan fingerprint density at radius 1 is 1.32 bits per heavy atom. The van der Waals surface area contributed by atoms with Crippen LogP contribution in [-0.2, 0) is 11.3 Å². The molecule has 0 aliphatic heterocycles. The summed E-state index contributed by atoms with van der Waals surface area (Å²) in [6.45, 7) is 2.06. The van der Waals surface area contributed by atoms with E-state index in [2.05, 4.69) is 21.2 Å². The smallest absolute Gasteiger partial charge is 0.260 e. The normalized spacial score (nSPS) is 10.2. The van der Waals surface area contributed by atoms with E-state index < -0.39 is 0 Å². The zero-order valence-corrected chi connectivity index (χ0v) is 14.6. The van der Waals surface area contributed by atoms with Crippen LogP contribution in [-0.4, -0.2) is 12.3 Å². The van der Waals surface area contributed by atoms with E-state index in [4.69, 9.17) is 21.7 Å². The molecule has 3 nitrogen and oxygen atoms in total. The molecule has 22 heavy (non-hydrogen) atoms. The lowest BCUT2D eigenvalue weighted by atomic mass is 10.1. The van der Waals surface area contributed by atoms with Gasteiger partial charge < -0.3 is 14.8 Å². The number of nitrogens with one attached hydrogen (secondary N) is 1. The van der Waals surface area contributed by atoms with E-state index in [-0.39, 0.29) is 17.6 Å². The molecule has 2 aromatic rings. The molecule has 0 radical (unpaired) electrons. The number of rotatable bonds is 4. The minimum atomic E-state index is -0.368. The van der Waals surface area contributed by atoms with E-state index in [9.17, 15) is 4.39 Å². The molecule has 0 atom stereocenters. The molecule has 6 heteroatoms. The zero-order chi connectivity index (χ0) is 16.1. The average molecular weight is 384 g/mol. The topological polar surface area (TPSA) is 30.5 Å². The largest absolute Gasteiger partial charge is 0.488 e. The molecule has 0 unspecified atom stereocenters. The number of benzene rings is 2. The average Bonchev–Trinajstić information content (AvgIpc) is 2.48. The van der Waals surface area contributed by atoms with Crippen LogP contribution in [0.5, 0.6) is 5.75 Å². The quantitative estimate of drug-likeness (QED) is 0.766. The maximum absolute atomic E-state index is 14.1. The van der Waals surface area contributed by atoms with Crippen LogP contribution < -0.4 is 10.1 Å². The lowest BCUT2D eigenvalue weighted by Gasteiger charge is -2.14. The van der Waals surface area contributed by atoms with Gasteiger partial charge in [0.25, 0.3) is 5.17 Å². The minimum Gasteiger partial charge on any atom is -0.488 e. The monoisotopic (exact) mass is 383 g/mol. The molecule has 1 N–H and O–H groups in total. The summed E-state index contributed by atoms with van der Waals surface area (Å²) in [4.78, 5) is 0. The van der Waals surface area contributed by atoms with Crippen LogP contribution >= 0.6 is 28.1 Å². The van der Waals surface area contributed by atoms with Crippen molar-refractivity contribution in [2.24, 2.45) is 0 Å². The van der Waals surface area contributed by atoms with Crippen molar-refractivity contribution in [2.75, 3.05) is 12.4 Å². The number of hydrogen-bond donors (Lipinski definition) is 1. The summed E-state index contributed by atoms with van der Waals surface area (Å²) in [5.74, 6) is 0.279. The van der Waals surface area contributed by atoms with E-state index in [1.807, 2.05) is 25.1 Å². The molecule has 0 aliphatic carbocycles. The van der Waals surface area contributed by atoms with E-state index in [0.717, 1.165) is 10.0 Å². The van der Waals surface area contributed by atoms with E-state index in [1.165, 1.54) is 13.2 Å². The highest BCUT2D eigenvalue weighted by atomic mass is 79.9. The SMILES string of the molecule is COC(=S)Nc1cccc(F)c1COc1ccc(C)cc1Br.